The predicted octanol–water partition coefficient (Wildman–Crippen LogP) is 5.13. The Hall–Kier alpha value is -3.16. The molecule has 35 heavy (non-hydrogen) atoms. The highest BCUT2D eigenvalue weighted by Crippen LogP contribution is 2.54. The molecule has 1 aliphatic rings. The summed E-state index contributed by atoms with van der Waals surface area (Å²) < 4.78 is 0. The van der Waals surface area contributed by atoms with Crippen LogP contribution in [0.25, 0.3) is 0 Å². The zero-order valence-corrected chi connectivity index (χ0v) is 21.7. The molecule has 8 heteroatoms. The largest absolute Gasteiger partial charge is 0.511 e. The Morgan fingerprint density at radius 3 is 1.83 bits per heavy atom. The van der Waals surface area contributed by atoms with E-state index in [0.717, 1.165) is 6.92 Å². The van der Waals surface area contributed by atoms with E-state index in [9.17, 15) is 39.6 Å². The fourth-order valence-corrected chi connectivity index (χ4v) is 4.96. The Morgan fingerprint density at radius 1 is 0.857 bits per heavy atom. The van der Waals surface area contributed by atoms with E-state index in [-0.39, 0.29) is 29.9 Å². The van der Waals surface area contributed by atoms with E-state index in [2.05, 4.69) is 0 Å². The van der Waals surface area contributed by atoms with Crippen molar-refractivity contribution in [3.8, 4) is 17.2 Å². The second-order valence-corrected chi connectivity index (χ2v) is 10.8. The lowest BCUT2D eigenvalue weighted by Crippen LogP contribution is -2.49. The van der Waals surface area contributed by atoms with Crippen molar-refractivity contribution in [2.45, 2.75) is 80.6 Å². The summed E-state index contributed by atoms with van der Waals surface area (Å²) in [6.45, 7) is 12.3. The third kappa shape index (κ3) is 4.46. The lowest BCUT2D eigenvalue weighted by atomic mass is 9.60. The number of hydrogen-bond donors (Lipinski definition) is 4. The maximum atomic E-state index is 13.6. The van der Waals surface area contributed by atoms with Crippen molar-refractivity contribution in [3.05, 3.63) is 28.0 Å². The van der Waals surface area contributed by atoms with Gasteiger partial charge in [-0.3, -0.25) is 19.2 Å². The van der Waals surface area contributed by atoms with E-state index in [1.807, 2.05) is 13.8 Å². The van der Waals surface area contributed by atoms with Gasteiger partial charge in [-0.05, 0) is 53.4 Å². The van der Waals surface area contributed by atoms with Gasteiger partial charge in [-0.25, -0.2) is 0 Å². The molecule has 8 nitrogen and oxygen atoms in total. The molecule has 1 aliphatic carbocycles. The van der Waals surface area contributed by atoms with Crippen LogP contribution < -0.4 is 0 Å². The van der Waals surface area contributed by atoms with Crippen molar-refractivity contribution >= 4 is 23.1 Å². The molecule has 0 spiro atoms. The number of aromatic hydroxyl groups is 3. The number of allylic oxidation sites excluding steroid dienone is 2. The highest BCUT2D eigenvalue weighted by atomic mass is 16.3. The fourth-order valence-electron chi connectivity index (χ4n) is 4.96. The number of rotatable bonds is 8. The lowest BCUT2D eigenvalue weighted by Gasteiger charge is -2.41. The van der Waals surface area contributed by atoms with Gasteiger partial charge in [-0.1, -0.05) is 20.8 Å². The number of hydrogen-bond acceptors (Lipinski definition) is 8. The van der Waals surface area contributed by atoms with Gasteiger partial charge in [0.2, 0.25) is 0 Å². The summed E-state index contributed by atoms with van der Waals surface area (Å²) in [5.74, 6) is -6.71. The molecular weight excluding hydrogens is 452 g/mol. The molecule has 192 valence electrons. The van der Waals surface area contributed by atoms with Gasteiger partial charge >= 0.3 is 0 Å². The van der Waals surface area contributed by atoms with E-state index in [1.165, 1.54) is 27.7 Å². The molecule has 0 bridgehead atoms. The smallest absolute Gasteiger partial charge is 0.175 e. The molecule has 0 heterocycles. The third-order valence-corrected chi connectivity index (χ3v) is 6.76. The van der Waals surface area contributed by atoms with Crippen LogP contribution in [0.15, 0.2) is 11.3 Å². The number of Topliss-reactive ketones (excluding diaryl/α,β-unsaturated/α-hetero) is 4. The molecule has 0 fully saturated rings. The Morgan fingerprint density at radius 2 is 1.37 bits per heavy atom. The molecule has 1 atom stereocenters. The van der Waals surface area contributed by atoms with Gasteiger partial charge in [-0.15, -0.1) is 0 Å². The molecule has 1 aromatic carbocycles. The van der Waals surface area contributed by atoms with Gasteiger partial charge < -0.3 is 20.4 Å². The number of phenols is 3. The second kappa shape index (κ2) is 9.47. The zero-order chi connectivity index (χ0) is 27.2. The molecular formula is C27H36O8. The predicted molar refractivity (Wildman–Crippen MR) is 130 cm³/mol. The van der Waals surface area contributed by atoms with Crippen LogP contribution in [-0.4, -0.2) is 43.6 Å². The summed E-state index contributed by atoms with van der Waals surface area (Å²) in [5, 5.41) is 44.2. The average molecular weight is 489 g/mol. The SMILES string of the molecule is CCCC(=O)c1c(O)c(C(C)=O)c(O)c(C(CC(C)C)C2=C(O)C(C)(C)C(=O)C(C)(C)C2=O)c1O. The van der Waals surface area contributed by atoms with Crippen LogP contribution in [0, 0.1) is 16.7 Å². The first kappa shape index (κ1) is 28.1. The van der Waals surface area contributed by atoms with E-state index in [1.54, 1.807) is 6.92 Å². The number of carbonyl (C=O) groups is 4. The van der Waals surface area contributed by atoms with E-state index in [0.29, 0.717) is 6.42 Å². The second-order valence-electron chi connectivity index (χ2n) is 10.8. The third-order valence-electron chi connectivity index (χ3n) is 6.76. The topological polar surface area (TPSA) is 149 Å². The highest BCUT2D eigenvalue weighted by molar-refractivity contribution is 6.19. The summed E-state index contributed by atoms with van der Waals surface area (Å²) >= 11 is 0. The number of phenolic OH excluding ortho intramolecular Hbond substituents is 3. The molecule has 0 aromatic heterocycles. The fraction of sp³-hybridized carbons (Fsp3) is 0.556. The Balaban J connectivity index is 3.09. The molecule has 4 N–H and O–H groups in total. The minimum atomic E-state index is -1.51. The summed E-state index contributed by atoms with van der Waals surface area (Å²) in [4.78, 5) is 51.8. The van der Waals surface area contributed by atoms with Crippen LogP contribution in [0.5, 0.6) is 17.2 Å². The van der Waals surface area contributed by atoms with Gasteiger partial charge in [0, 0.05) is 23.5 Å². The van der Waals surface area contributed by atoms with Gasteiger partial charge in [0.15, 0.2) is 23.1 Å². The normalized spacial score (nSPS) is 18.2. The Labute approximate surface area is 205 Å². The monoisotopic (exact) mass is 488 g/mol. The zero-order valence-electron chi connectivity index (χ0n) is 21.7. The molecule has 1 aromatic rings. The highest BCUT2D eigenvalue weighted by Gasteiger charge is 2.55. The van der Waals surface area contributed by atoms with E-state index >= 15 is 0 Å². The summed E-state index contributed by atoms with van der Waals surface area (Å²) in [6.07, 6.45) is 0.475. The van der Waals surface area contributed by atoms with E-state index < -0.39 is 74.0 Å². The first-order valence-corrected chi connectivity index (χ1v) is 11.8. The van der Waals surface area contributed by atoms with Crippen molar-refractivity contribution in [2.24, 2.45) is 16.7 Å². The summed E-state index contributed by atoms with van der Waals surface area (Å²) in [6, 6.07) is 0. The maximum absolute atomic E-state index is 13.6. The Kier molecular flexibility index (Phi) is 7.60. The first-order chi connectivity index (χ1) is 15.9. The summed E-state index contributed by atoms with van der Waals surface area (Å²) in [5.41, 5.74) is -4.49. The van der Waals surface area contributed by atoms with Crippen molar-refractivity contribution in [1.82, 2.24) is 0 Å². The Bertz CT molecular complexity index is 1130. The van der Waals surface area contributed by atoms with Gasteiger partial charge in [0.05, 0.1) is 10.8 Å². The van der Waals surface area contributed by atoms with Crippen molar-refractivity contribution in [3.63, 3.8) is 0 Å². The minimum absolute atomic E-state index is 0.0427. The number of aliphatic hydroxyl groups excluding tert-OH is 1. The maximum Gasteiger partial charge on any atom is 0.175 e. The van der Waals surface area contributed by atoms with Crippen molar-refractivity contribution < 1.29 is 39.6 Å². The average Bonchev–Trinajstić information content (AvgIpc) is 2.71. The van der Waals surface area contributed by atoms with Crippen LogP contribution >= 0.6 is 0 Å². The number of carbonyl (C=O) groups excluding carboxylic acids is 4. The quantitative estimate of drug-likeness (QED) is 0.290. The number of benzene rings is 1. The van der Waals surface area contributed by atoms with Crippen LogP contribution in [0.3, 0.4) is 0 Å². The van der Waals surface area contributed by atoms with Crippen LogP contribution in [0.2, 0.25) is 0 Å². The molecule has 0 amide bonds. The molecule has 0 saturated carbocycles. The number of ketones is 4. The molecule has 0 radical (unpaired) electrons. The lowest BCUT2D eigenvalue weighted by molar-refractivity contribution is -0.144. The van der Waals surface area contributed by atoms with Gasteiger partial charge in [0.1, 0.15) is 34.1 Å². The van der Waals surface area contributed by atoms with Crippen molar-refractivity contribution in [1.29, 1.82) is 0 Å². The molecule has 0 saturated heterocycles. The molecule has 1 unspecified atom stereocenters. The van der Waals surface area contributed by atoms with Crippen LogP contribution in [-0.2, 0) is 9.59 Å². The summed E-state index contributed by atoms with van der Waals surface area (Å²) in [7, 11) is 0. The van der Waals surface area contributed by atoms with Crippen LogP contribution in [0.1, 0.15) is 107 Å². The van der Waals surface area contributed by atoms with E-state index in [4.69, 9.17) is 0 Å². The van der Waals surface area contributed by atoms with Crippen LogP contribution in [0.4, 0.5) is 0 Å². The number of aliphatic hydroxyl groups is 1. The standard InChI is InChI=1S/C27H36O8/c1-9-10-15(29)19-21(31)16(13(4)28)20(30)17(22(19)32)14(11-12(2)3)18-23(33)26(5,6)25(35)27(7,8)24(18)34/h12,14,30-33H,9-11H2,1-8H3. The van der Waals surface area contributed by atoms with Gasteiger partial charge in [0.25, 0.3) is 0 Å². The van der Waals surface area contributed by atoms with Crippen molar-refractivity contribution in [2.75, 3.05) is 0 Å². The van der Waals surface area contributed by atoms with Gasteiger partial charge in [-0.2, -0.15) is 0 Å². The molecule has 0 aliphatic heterocycles. The molecule has 2 rings (SSSR count). The first-order valence-electron chi connectivity index (χ1n) is 11.8. The minimum Gasteiger partial charge on any atom is -0.511 e.